The van der Waals surface area contributed by atoms with Gasteiger partial charge in [0.05, 0.1) is 19.1 Å². The summed E-state index contributed by atoms with van der Waals surface area (Å²) in [5.41, 5.74) is 1.30. The minimum absolute atomic E-state index is 0.000604. The molecular weight excluding hydrogens is 452 g/mol. The van der Waals surface area contributed by atoms with Crippen molar-refractivity contribution in [3.8, 4) is 6.07 Å². The summed E-state index contributed by atoms with van der Waals surface area (Å²) < 4.78 is 10.1. The topological polar surface area (TPSA) is 138 Å². The number of ether oxygens (including phenoxy) is 2. The van der Waals surface area contributed by atoms with Gasteiger partial charge >= 0.3 is 12.1 Å². The Kier molecular flexibility index (Phi) is 11.2. The number of nitrogens with one attached hydrogen (secondary N) is 2. The Bertz CT molecular complexity index is 943. The fourth-order valence-corrected chi connectivity index (χ4v) is 3.47. The quantitative estimate of drug-likeness (QED) is 0.381. The van der Waals surface area contributed by atoms with Gasteiger partial charge < -0.3 is 25.0 Å². The predicted octanol–water partition coefficient (Wildman–Crippen LogP) is 2.68. The molecule has 0 saturated heterocycles. The first-order valence-corrected chi connectivity index (χ1v) is 11.5. The highest BCUT2D eigenvalue weighted by Gasteiger charge is 2.36. The Morgan fingerprint density at radius 2 is 1.74 bits per heavy atom. The maximum atomic E-state index is 13.4. The summed E-state index contributed by atoms with van der Waals surface area (Å²) in [5, 5.41) is 14.6. The van der Waals surface area contributed by atoms with E-state index in [-0.39, 0.29) is 19.6 Å². The van der Waals surface area contributed by atoms with Gasteiger partial charge in [-0.1, -0.05) is 18.2 Å². The van der Waals surface area contributed by atoms with E-state index in [9.17, 15) is 24.4 Å². The molecule has 2 unspecified atom stereocenters. The van der Waals surface area contributed by atoms with Gasteiger partial charge in [0.2, 0.25) is 11.8 Å². The van der Waals surface area contributed by atoms with Crippen molar-refractivity contribution in [1.29, 1.82) is 5.26 Å². The number of nitrogens with zero attached hydrogens (tertiary/aromatic N) is 2. The number of esters is 1. The number of nitriles is 1. The minimum atomic E-state index is -1.16. The molecule has 0 bridgehead atoms. The van der Waals surface area contributed by atoms with Crippen LogP contribution in [0.15, 0.2) is 18.2 Å². The highest BCUT2D eigenvalue weighted by atomic mass is 16.6. The number of benzene rings is 1. The van der Waals surface area contributed by atoms with Gasteiger partial charge in [-0.15, -0.1) is 0 Å². The Morgan fingerprint density at radius 3 is 2.26 bits per heavy atom. The molecule has 1 rings (SSSR count). The van der Waals surface area contributed by atoms with Crippen LogP contribution in [-0.4, -0.2) is 60.1 Å². The van der Waals surface area contributed by atoms with Crippen molar-refractivity contribution in [2.45, 2.75) is 72.6 Å². The molecule has 0 aliphatic rings. The molecule has 3 amide bonds. The molecule has 0 aromatic heterocycles. The van der Waals surface area contributed by atoms with Gasteiger partial charge in [-0.2, -0.15) is 5.26 Å². The van der Waals surface area contributed by atoms with Crippen LogP contribution in [-0.2, 0) is 23.9 Å². The summed E-state index contributed by atoms with van der Waals surface area (Å²) in [5.74, 6) is -1.65. The highest BCUT2D eigenvalue weighted by Crippen LogP contribution is 2.28. The molecule has 0 aliphatic heterocycles. The van der Waals surface area contributed by atoms with Gasteiger partial charge in [-0.25, -0.2) is 4.79 Å². The molecule has 192 valence electrons. The number of amides is 3. The molecule has 0 spiro atoms. The summed E-state index contributed by atoms with van der Waals surface area (Å²) in [6.07, 6.45) is -0.834. The standard InChI is InChI=1S/C25H36N4O6/c1-8-34-19(30)12-14-27-22(31)21(20-16(2)10-9-11-17(20)3)29(15-13-26)23(32)18(4)28-24(33)35-25(5,6)7/h9-11,18,21H,8,12,14-15H2,1-7H3,(H,27,31)(H,28,33). The zero-order valence-electron chi connectivity index (χ0n) is 21.6. The molecule has 10 heteroatoms. The van der Waals surface area contributed by atoms with E-state index < -0.39 is 48.1 Å². The smallest absolute Gasteiger partial charge is 0.408 e. The first kappa shape index (κ1) is 29.4. The normalized spacial score (nSPS) is 12.5. The third-order valence-corrected chi connectivity index (χ3v) is 4.94. The predicted molar refractivity (Wildman–Crippen MR) is 129 cm³/mol. The number of carbonyl (C=O) groups excluding carboxylic acids is 4. The van der Waals surface area contributed by atoms with E-state index >= 15 is 0 Å². The maximum absolute atomic E-state index is 13.4. The second-order valence-electron chi connectivity index (χ2n) is 9.05. The molecule has 10 nitrogen and oxygen atoms in total. The average Bonchev–Trinajstić information content (AvgIpc) is 2.73. The Balaban J connectivity index is 3.29. The zero-order chi connectivity index (χ0) is 26.8. The lowest BCUT2D eigenvalue weighted by molar-refractivity contribution is -0.144. The fourth-order valence-electron chi connectivity index (χ4n) is 3.47. The van der Waals surface area contributed by atoms with Crippen molar-refractivity contribution in [1.82, 2.24) is 15.5 Å². The van der Waals surface area contributed by atoms with Gasteiger partial charge in [0.1, 0.15) is 24.2 Å². The zero-order valence-corrected chi connectivity index (χ0v) is 21.6. The van der Waals surface area contributed by atoms with Gasteiger partial charge in [-0.05, 0) is 65.2 Å². The van der Waals surface area contributed by atoms with Crippen molar-refractivity contribution in [3.63, 3.8) is 0 Å². The second-order valence-corrected chi connectivity index (χ2v) is 9.05. The third kappa shape index (κ3) is 9.27. The fraction of sp³-hybridized carbons (Fsp3) is 0.560. The molecule has 2 N–H and O–H groups in total. The number of rotatable bonds is 10. The first-order valence-electron chi connectivity index (χ1n) is 11.5. The lowest BCUT2D eigenvalue weighted by Crippen LogP contribution is -2.52. The molecule has 1 aromatic rings. The van der Waals surface area contributed by atoms with Gasteiger partial charge in [0.15, 0.2) is 0 Å². The highest BCUT2D eigenvalue weighted by molar-refractivity contribution is 5.92. The van der Waals surface area contributed by atoms with E-state index in [1.807, 2.05) is 12.1 Å². The van der Waals surface area contributed by atoms with Crippen LogP contribution in [0.25, 0.3) is 0 Å². The lowest BCUT2D eigenvalue weighted by atomic mass is 9.93. The summed E-state index contributed by atoms with van der Waals surface area (Å²) in [4.78, 5) is 51.8. The molecule has 0 aliphatic carbocycles. The number of hydrogen-bond acceptors (Lipinski definition) is 7. The summed E-state index contributed by atoms with van der Waals surface area (Å²) in [6, 6.07) is 5.14. The lowest BCUT2D eigenvalue weighted by Gasteiger charge is -2.33. The van der Waals surface area contributed by atoms with Crippen LogP contribution in [0.1, 0.15) is 63.8 Å². The Labute approximate surface area is 206 Å². The molecule has 2 atom stereocenters. The van der Waals surface area contributed by atoms with Crippen LogP contribution in [0.2, 0.25) is 0 Å². The SMILES string of the molecule is CCOC(=O)CCNC(=O)C(c1c(C)cccc1C)N(CC#N)C(=O)C(C)NC(=O)OC(C)(C)C. The van der Waals surface area contributed by atoms with Crippen molar-refractivity contribution in [2.24, 2.45) is 0 Å². The number of carbonyl (C=O) groups is 4. The van der Waals surface area contributed by atoms with Crippen molar-refractivity contribution in [2.75, 3.05) is 19.7 Å². The maximum Gasteiger partial charge on any atom is 0.408 e. The Morgan fingerprint density at radius 1 is 1.14 bits per heavy atom. The van der Waals surface area contributed by atoms with Crippen LogP contribution >= 0.6 is 0 Å². The second kappa shape index (κ2) is 13.3. The number of aryl methyl sites for hydroxylation is 2. The third-order valence-electron chi connectivity index (χ3n) is 4.94. The molecule has 1 aromatic carbocycles. The summed E-state index contributed by atoms with van der Waals surface area (Å²) in [7, 11) is 0. The Hall–Kier alpha value is -3.61. The van der Waals surface area contributed by atoms with Crippen LogP contribution in [0, 0.1) is 25.2 Å². The van der Waals surface area contributed by atoms with Crippen LogP contribution in [0.5, 0.6) is 0 Å². The van der Waals surface area contributed by atoms with Crippen LogP contribution in [0.4, 0.5) is 4.79 Å². The number of hydrogen-bond donors (Lipinski definition) is 2. The minimum Gasteiger partial charge on any atom is -0.466 e. The van der Waals surface area contributed by atoms with Gasteiger partial charge in [-0.3, -0.25) is 14.4 Å². The molecule has 0 saturated carbocycles. The van der Waals surface area contributed by atoms with E-state index in [2.05, 4.69) is 10.6 Å². The van der Waals surface area contributed by atoms with E-state index in [0.29, 0.717) is 5.56 Å². The van der Waals surface area contributed by atoms with Crippen molar-refractivity contribution >= 4 is 23.9 Å². The van der Waals surface area contributed by atoms with Gasteiger partial charge in [0.25, 0.3) is 0 Å². The average molecular weight is 489 g/mol. The van der Waals surface area contributed by atoms with Gasteiger partial charge in [0, 0.05) is 6.54 Å². The van der Waals surface area contributed by atoms with E-state index in [1.54, 1.807) is 53.7 Å². The molecule has 35 heavy (non-hydrogen) atoms. The van der Waals surface area contributed by atoms with Crippen molar-refractivity contribution in [3.05, 3.63) is 34.9 Å². The molecule has 0 radical (unpaired) electrons. The van der Waals surface area contributed by atoms with E-state index in [4.69, 9.17) is 9.47 Å². The summed E-state index contributed by atoms with van der Waals surface area (Å²) >= 11 is 0. The molecular formula is C25H36N4O6. The summed E-state index contributed by atoms with van der Waals surface area (Å²) in [6.45, 7) is 11.7. The molecule has 0 heterocycles. The monoisotopic (exact) mass is 488 g/mol. The van der Waals surface area contributed by atoms with E-state index in [1.165, 1.54) is 6.92 Å². The largest absolute Gasteiger partial charge is 0.466 e. The molecule has 0 fully saturated rings. The van der Waals surface area contributed by atoms with Crippen LogP contribution in [0.3, 0.4) is 0 Å². The van der Waals surface area contributed by atoms with Crippen LogP contribution < -0.4 is 10.6 Å². The van der Waals surface area contributed by atoms with E-state index in [0.717, 1.165) is 16.0 Å². The number of alkyl carbamates (subject to hydrolysis) is 1. The van der Waals surface area contributed by atoms with Crippen molar-refractivity contribution < 1.29 is 28.7 Å². The first-order chi connectivity index (χ1) is 16.3.